The molecule has 2 unspecified atom stereocenters. The smallest absolute Gasteiger partial charge is 0.0398 e. The summed E-state index contributed by atoms with van der Waals surface area (Å²) in [6, 6.07) is 0. The van der Waals surface area contributed by atoms with Crippen molar-refractivity contribution >= 4 is 22.2 Å². The summed E-state index contributed by atoms with van der Waals surface area (Å²) in [5, 5.41) is 0. The lowest BCUT2D eigenvalue weighted by molar-refractivity contribution is 0.166. The third-order valence-corrected chi connectivity index (χ3v) is 6.07. The molecule has 1 aliphatic heterocycles. The predicted octanol–water partition coefficient (Wildman–Crippen LogP) is 0.700. The maximum Gasteiger partial charge on any atom is 0.0398 e. The van der Waals surface area contributed by atoms with Gasteiger partial charge in [0.25, 0.3) is 0 Å². The fourth-order valence-electron chi connectivity index (χ4n) is 2.76. The van der Waals surface area contributed by atoms with Crippen LogP contribution < -0.4 is 0 Å². The largest absolute Gasteiger partial charge is 0.772 e. The summed E-state index contributed by atoms with van der Waals surface area (Å²) in [4.78, 5) is 4.40. The van der Waals surface area contributed by atoms with Gasteiger partial charge in [-0.3, -0.25) is 8.42 Å². The SMILES string of the molecule is CC(C)(CN1CCCN(CC(C)(C)S(=O)[O-])CCC1)S(=O)[O-]. The number of nitrogens with zero attached hydrogens (tertiary/aromatic N) is 2. The van der Waals surface area contributed by atoms with Crippen LogP contribution in [0.25, 0.3) is 0 Å². The van der Waals surface area contributed by atoms with Crippen molar-refractivity contribution in [3.05, 3.63) is 0 Å². The van der Waals surface area contributed by atoms with Crippen LogP contribution >= 0.6 is 0 Å². The first kappa shape index (κ1) is 20.2. The molecule has 1 fully saturated rings. The average molecular weight is 353 g/mol. The molecule has 0 saturated carbocycles. The molecule has 22 heavy (non-hydrogen) atoms. The van der Waals surface area contributed by atoms with Crippen LogP contribution in [0.2, 0.25) is 0 Å². The minimum absolute atomic E-state index is 0.541. The van der Waals surface area contributed by atoms with Gasteiger partial charge in [-0.15, -0.1) is 0 Å². The molecule has 1 heterocycles. The molecule has 0 aromatic rings. The van der Waals surface area contributed by atoms with Crippen LogP contribution in [0, 0.1) is 0 Å². The molecule has 8 heteroatoms. The van der Waals surface area contributed by atoms with Gasteiger partial charge in [-0.25, -0.2) is 0 Å². The van der Waals surface area contributed by atoms with Gasteiger partial charge in [0.1, 0.15) is 0 Å². The molecule has 1 rings (SSSR count). The Labute approximate surface area is 139 Å². The molecule has 132 valence electrons. The standard InChI is InChI=1S/C14H30N2O4S2/c1-13(2,21(17)18)11-15-7-5-9-16(10-6-8-15)12-14(3,4)22(19)20/h5-12H2,1-4H3,(H,17,18)(H,19,20)/p-2. The highest BCUT2D eigenvalue weighted by atomic mass is 32.2. The zero-order valence-corrected chi connectivity index (χ0v) is 15.6. The Balaban J connectivity index is 2.50. The molecule has 1 aliphatic rings. The van der Waals surface area contributed by atoms with E-state index in [1.807, 2.05) is 0 Å². The molecule has 0 aromatic heterocycles. The molecular weight excluding hydrogens is 324 g/mol. The van der Waals surface area contributed by atoms with Crippen LogP contribution in [0.1, 0.15) is 40.5 Å². The summed E-state index contributed by atoms with van der Waals surface area (Å²) in [6.07, 6.45) is 1.84. The van der Waals surface area contributed by atoms with E-state index in [2.05, 4.69) is 9.80 Å². The average Bonchev–Trinajstić information content (AvgIpc) is 2.34. The van der Waals surface area contributed by atoms with Crippen LogP contribution in [0.15, 0.2) is 0 Å². The summed E-state index contributed by atoms with van der Waals surface area (Å²) in [5.41, 5.74) is 0. The van der Waals surface area contributed by atoms with Crippen molar-refractivity contribution < 1.29 is 17.5 Å². The minimum atomic E-state index is -2.08. The highest BCUT2D eigenvalue weighted by molar-refractivity contribution is 7.80. The van der Waals surface area contributed by atoms with Crippen LogP contribution in [0.3, 0.4) is 0 Å². The fourth-order valence-corrected chi connectivity index (χ4v) is 3.33. The highest BCUT2D eigenvalue weighted by Crippen LogP contribution is 2.17. The Morgan fingerprint density at radius 2 is 1.05 bits per heavy atom. The molecule has 1 saturated heterocycles. The van der Waals surface area contributed by atoms with Crippen molar-refractivity contribution in [2.75, 3.05) is 39.3 Å². The second-order valence-electron chi connectivity index (χ2n) is 7.25. The van der Waals surface area contributed by atoms with E-state index in [1.165, 1.54) is 0 Å². The van der Waals surface area contributed by atoms with Gasteiger partial charge in [-0.2, -0.15) is 0 Å². The Bertz CT molecular complexity index is 370. The zero-order chi connectivity index (χ0) is 17.0. The van der Waals surface area contributed by atoms with Gasteiger partial charge in [-0.05, 0) is 88.9 Å². The van der Waals surface area contributed by atoms with Gasteiger partial charge in [0.2, 0.25) is 0 Å². The van der Waals surface area contributed by atoms with Gasteiger partial charge < -0.3 is 18.9 Å². The van der Waals surface area contributed by atoms with E-state index in [9.17, 15) is 17.5 Å². The van der Waals surface area contributed by atoms with Crippen LogP contribution in [-0.4, -0.2) is 76.1 Å². The highest BCUT2D eigenvalue weighted by Gasteiger charge is 2.26. The second-order valence-corrected chi connectivity index (χ2v) is 10.4. The van der Waals surface area contributed by atoms with Crippen molar-refractivity contribution in [2.24, 2.45) is 0 Å². The number of hydrogen-bond acceptors (Lipinski definition) is 6. The molecule has 0 radical (unpaired) electrons. The molecule has 0 N–H and O–H groups in total. The molecule has 0 aromatic carbocycles. The van der Waals surface area contributed by atoms with E-state index in [-0.39, 0.29) is 0 Å². The van der Waals surface area contributed by atoms with E-state index >= 15 is 0 Å². The van der Waals surface area contributed by atoms with Gasteiger partial charge in [0.15, 0.2) is 0 Å². The molecule has 0 amide bonds. The Morgan fingerprint density at radius 3 is 1.27 bits per heavy atom. The lowest BCUT2D eigenvalue weighted by atomic mass is 10.1. The van der Waals surface area contributed by atoms with Gasteiger partial charge in [0.05, 0.1) is 0 Å². The Morgan fingerprint density at radius 1 is 0.773 bits per heavy atom. The van der Waals surface area contributed by atoms with Gasteiger partial charge in [0, 0.05) is 22.6 Å². The van der Waals surface area contributed by atoms with Crippen molar-refractivity contribution in [3.8, 4) is 0 Å². The topological polar surface area (TPSA) is 86.7 Å². The first-order valence-corrected chi connectivity index (χ1v) is 9.83. The van der Waals surface area contributed by atoms with Crippen molar-refractivity contribution in [1.82, 2.24) is 9.80 Å². The monoisotopic (exact) mass is 352 g/mol. The zero-order valence-electron chi connectivity index (χ0n) is 14.0. The van der Waals surface area contributed by atoms with E-state index in [1.54, 1.807) is 27.7 Å². The number of hydrogen-bond donors (Lipinski definition) is 0. The Kier molecular flexibility index (Phi) is 7.62. The van der Waals surface area contributed by atoms with Gasteiger partial charge >= 0.3 is 0 Å². The lowest BCUT2D eigenvalue weighted by Gasteiger charge is -2.38. The van der Waals surface area contributed by atoms with Crippen molar-refractivity contribution in [2.45, 2.75) is 50.0 Å². The van der Waals surface area contributed by atoms with Crippen molar-refractivity contribution in [1.29, 1.82) is 0 Å². The second kappa shape index (κ2) is 8.30. The molecule has 0 bridgehead atoms. The van der Waals surface area contributed by atoms with Gasteiger partial charge in [-0.1, -0.05) is 0 Å². The predicted molar refractivity (Wildman–Crippen MR) is 88.1 cm³/mol. The molecule has 2 atom stereocenters. The fraction of sp³-hybridized carbons (Fsp3) is 1.00. The maximum atomic E-state index is 11.2. The van der Waals surface area contributed by atoms with E-state index < -0.39 is 31.7 Å². The first-order valence-electron chi connectivity index (χ1n) is 7.68. The molecule has 0 aliphatic carbocycles. The third kappa shape index (κ3) is 6.33. The summed E-state index contributed by atoms with van der Waals surface area (Å²) in [7, 11) is 0. The van der Waals surface area contributed by atoms with Crippen LogP contribution in [0.5, 0.6) is 0 Å². The quantitative estimate of drug-likeness (QED) is 0.654. The van der Waals surface area contributed by atoms with Crippen LogP contribution in [0.4, 0.5) is 0 Å². The Hall–Kier alpha value is 0.140. The van der Waals surface area contributed by atoms with Crippen molar-refractivity contribution in [3.63, 3.8) is 0 Å². The third-order valence-electron chi connectivity index (χ3n) is 4.01. The number of rotatable bonds is 6. The molecule has 0 spiro atoms. The minimum Gasteiger partial charge on any atom is -0.772 e. The summed E-state index contributed by atoms with van der Waals surface area (Å²) < 4.78 is 43.4. The van der Waals surface area contributed by atoms with Crippen LogP contribution in [-0.2, 0) is 22.2 Å². The van der Waals surface area contributed by atoms with E-state index in [4.69, 9.17) is 0 Å². The van der Waals surface area contributed by atoms with E-state index in [0.717, 1.165) is 39.0 Å². The first-order chi connectivity index (χ1) is 10.0. The normalized spacial score (nSPS) is 22.8. The molecular formula is C14H28N2O4S2-2. The summed E-state index contributed by atoms with van der Waals surface area (Å²) in [5.74, 6) is 0. The summed E-state index contributed by atoms with van der Waals surface area (Å²) in [6.45, 7) is 11.4. The maximum absolute atomic E-state index is 11.2. The summed E-state index contributed by atoms with van der Waals surface area (Å²) >= 11 is -4.17. The van der Waals surface area contributed by atoms with E-state index in [0.29, 0.717) is 13.1 Å². The molecule has 6 nitrogen and oxygen atoms in total. The lowest BCUT2D eigenvalue weighted by Crippen LogP contribution is -2.47.